The van der Waals surface area contributed by atoms with Gasteiger partial charge >= 0.3 is 0 Å². The lowest BCUT2D eigenvalue weighted by molar-refractivity contribution is 0.549. The molecule has 0 aromatic heterocycles. The topological polar surface area (TPSA) is 12.0 Å². The molecule has 20 heavy (non-hydrogen) atoms. The molecule has 0 saturated carbocycles. The minimum absolute atomic E-state index is 0.275. The molecule has 106 valence electrons. The van der Waals surface area contributed by atoms with Gasteiger partial charge in [-0.3, -0.25) is 0 Å². The number of rotatable bonds is 5. The Balaban J connectivity index is 2.27. The highest BCUT2D eigenvalue weighted by atomic mass is 79.9. The molecule has 0 aliphatic carbocycles. The summed E-state index contributed by atoms with van der Waals surface area (Å²) >= 11 is 9.89. The Hall–Kier alpha value is -0.830. The van der Waals surface area contributed by atoms with Crippen LogP contribution in [-0.2, 0) is 6.42 Å². The molecule has 2 aromatic carbocycles. The van der Waals surface area contributed by atoms with E-state index < -0.39 is 0 Å². The van der Waals surface area contributed by atoms with Gasteiger partial charge in [-0.05, 0) is 48.7 Å². The molecule has 0 fully saturated rings. The second-order valence-corrected chi connectivity index (χ2v) is 6.18. The van der Waals surface area contributed by atoms with Gasteiger partial charge in [0, 0.05) is 15.5 Å². The summed E-state index contributed by atoms with van der Waals surface area (Å²) in [7, 11) is 0. The fourth-order valence-corrected chi connectivity index (χ4v) is 2.87. The molecule has 3 heteroatoms. The van der Waals surface area contributed by atoms with E-state index in [1.54, 1.807) is 0 Å². The molecule has 0 heterocycles. The Morgan fingerprint density at radius 3 is 2.60 bits per heavy atom. The summed E-state index contributed by atoms with van der Waals surface area (Å²) in [6.07, 6.45) is 0.892. The van der Waals surface area contributed by atoms with E-state index in [0.29, 0.717) is 0 Å². The maximum atomic E-state index is 6.28. The van der Waals surface area contributed by atoms with Gasteiger partial charge in [-0.25, -0.2) is 0 Å². The van der Waals surface area contributed by atoms with Crippen molar-refractivity contribution >= 4 is 27.5 Å². The Bertz CT molecular complexity index is 583. The first-order chi connectivity index (χ1) is 9.61. The average Bonchev–Trinajstić information content (AvgIpc) is 2.44. The van der Waals surface area contributed by atoms with Crippen LogP contribution in [0.2, 0.25) is 5.02 Å². The molecular formula is C17H19BrClN. The Morgan fingerprint density at radius 1 is 1.20 bits per heavy atom. The quantitative estimate of drug-likeness (QED) is 0.769. The van der Waals surface area contributed by atoms with Crippen LogP contribution < -0.4 is 5.32 Å². The first-order valence-electron chi connectivity index (χ1n) is 6.84. The SMILES string of the molecule is CCNC(Cc1ccccc1Cl)c1ccc(C)c(Br)c1. The van der Waals surface area contributed by atoms with Crippen LogP contribution in [-0.4, -0.2) is 6.54 Å². The summed E-state index contributed by atoms with van der Waals surface area (Å²) in [5, 5.41) is 4.38. The van der Waals surface area contributed by atoms with Gasteiger partial charge in [0.05, 0.1) is 0 Å². The molecule has 0 saturated heterocycles. The van der Waals surface area contributed by atoms with Crippen molar-refractivity contribution in [2.75, 3.05) is 6.54 Å². The highest BCUT2D eigenvalue weighted by Gasteiger charge is 2.13. The third-order valence-corrected chi connectivity index (χ3v) is 4.65. The van der Waals surface area contributed by atoms with E-state index >= 15 is 0 Å². The van der Waals surface area contributed by atoms with Gasteiger partial charge in [-0.2, -0.15) is 0 Å². The minimum Gasteiger partial charge on any atom is -0.310 e. The van der Waals surface area contributed by atoms with Gasteiger partial charge in [-0.15, -0.1) is 0 Å². The van der Waals surface area contributed by atoms with Crippen LogP contribution in [0.15, 0.2) is 46.9 Å². The number of likely N-dealkylation sites (N-methyl/N-ethyl adjacent to an activating group) is 1. The van der Waals surface area contributed by atoms with Crippen molar-refractivity contribution in [1.82, 2.24) is 5.32 Å². The summed E-state index contributed by atoms with van der Waals surface area (Å²) in [5.41, 5.74) is 3.71. The average molecular weight is 353 g/mol. The zero-order valence-electron chi connectivity index (χ0n) is 11.8. The predicted octanol–water partition coefficient (Wildman–Crippen LogP) is 5.30. The maximum absolute atomic E-state index is 6.28. The van der Waals surface area contributed by atoms with Crippen molar-refractivity contribution in [1.29, 1.82) is 0 Å². The first-order valence-corrected chi connectivity index (χ1v) is 8.01. The van der Waals surface area contributed by atoms with Crippen molar-refractivity contribution in [3.63, 3.8) is 0 Å². The third kappa shape index (κ3) is 3.85. The van der Waals surface area contributed by atoms with Gasteiger partial charge < -0.3 is 5.32 Å². The van der Waals surface area contributed by atoms with Crippen molar-refractivity contribution in [2.24, 2.45) is 0 Å². The molecule has 2 rings (SSSR count). The number of hydrogen-bond donors (Lipinski definition) is 1. The molecule has 0 bridgehead atoms. The Labute approximate surface area is 134 Å². The summed E-state index contributed by atoms with van der Waals surface area (Å²) in [4.78, 5) is 0. The third-order valence-electron chi connectivity index (χ3n) is 3.43. The molecule has 1 unspecified atom stereocenters. The monoisotopic (exact) mass is 351 g/mol. The zero-order valence-corrected chi connectivity index (χ0v) is 14.1. The number of nitrogens with one attached hydrogen (secondary N) is 1. The fourth-order valence-electron chi connectivity index (χ4n) is 2.26. The molecule has 0 spiro atoms. The molecular weight excluding hydrogens is 334 g/mol. The molecule has 2 aromatic rings. The van der Waals surface area contributed by atoms with Crippen molar-refractivity contribution < 1.29 is 0 Å². The van der Waals surface area contributed by atoms with Crippen LogP contribution in [0.1, 0.15) is 29.7 Å². The summed E-state index contributed by atoms with van der Waals surface area (Å²) in [6.45, 7) is 5.16. The molecule has 0 aliphatic heterocycles. The molecule has 0 aliphatic rings. The fraction of sp³-hybridized carbons (Fsp3) is 0.294. The number of aryl methyl sites for hydroxylation is 1. The van der Waals surface area contributed by atoms with Crippen molar-refractivity contribution in [3.05, 3.63) is 68.7 Å². The largest absolute Gasteiger partial charge is 0.310 e. The second kappa shape index (κ2) is 7.26. The van der Waals surface area contributed by atoms with E-state index in [0.717, 1.165) is 22.5 Å². The maximum Gasteiger partial charge on any atom is 0.0438 e. The number of benzene rings is 2. The van der Waals surface area contributed by atoms with Gasteiger partial charge in [0.25, 0.3) is 0 Å². The lowest BCUT2D eigenvalue weighted by Crippen LogP contribution is -2.23. The van der Waals surface area contributed by atoms with Crippen LogP contribution in [0, 0.1) is 6.92 Å². The highest BCUT2D eigenvalue weighted by molar-refractivity contribution is 9.10. The van der Waals surface area contributed by atoms with E-state index in [4.69, 9.17) is 11.6 Å². The van der Waals surface area contributed by atoms with Gasteiger partial charge in [0.1, 0.15) is 0 Å². The lowest BCUT2D eigenvalue weighted by atomic mass is 9.98. The molecule has 1 atom stereocenters. The van der Waals surface area contributed by atoms with E-state index in [-0.39, 0.29) is 6.04 Å². The Morgan fingerprint density at radius 2 is 1.95 bits per heavy atom. The normalized spacial score (nSPS) is 12.4. The first kappa shape index (κ1) is 15.6. The molecule has 0 radical (unpaired) electrons. The summed E-state index contributed by atoms with van der Waals surface area (Å²) in [5.74, 6) is 0. The van der Waals surface area contributed by atoms with Crippen LogP contribution in [0.4, 0.5) is 0 Å². The highest BCUT2D eigenvalue weighted by Crippen LogP contribution is 2.26. The van der Waals surface area contributed by atoms with E-state index in [1.807, 2.05) is 18.2 Å². The van der Waals surface area contributed by atoms with Gasteiger partial charge in [0.15, 0.2) is 0 Å². The Kier molecular flexibility index (Phi) is 5.64. The molecule has 1 nitrogen and oxygen atoms in total. The predicted molar refractivity (Wildman–Crippen MR) is 90.5 cm³/mol. The summed E-state index contributed by atoms with van der Waals surface area (Å²) in [6, 6.07) is 14.9. The smallest absolute Gasteiger partial charge is 0.0438 e. The molecule has 0 amide bonds. The van der Waals surface area contributed by atoms with Crippen LogP contribution in [0.5, 0.6) is 0 Å². The van der Waals surface area contributed by atoms with Crippen molar-refractivity contribution in [2.45, 2.75) is 26.3 Å². The zero-order chi connectivity index (χ0) is 14.5. The minimum atomic E-state index is 0.275. The molecule has 1 N–H and O–H groups in total. The van der Waals surface area contributed by atoms with E-state index in [9.17, 15) is 0 Å². The van der Waals surface area contributed by atoms with Crippen LogP contribution >= 0.6 is 27.5 Å². The van der Waals surface area contributed by atoms with Gasteiger partial charge in [-0.1, -0.05) is 64.8 Å². The van der Waals surface area contributed by atoms with Crippen LogP contribution in [0.3, 0.4) is 0 Å². The van der Waals surface area contributed by atoms with E-state index in [2.05, 4.69) is 59.4 Å². The second-order valence-electron chi connectivity index (χ2n) is 4.91. The van der Waals surface area contributed by atoms with Gasteiger partial charge in [0.2, 0.25) is 0 Å². The lowest BCUT2D eigenvalue weighted by Gasteiger charge is -2.20. The number of halogens is 2. The van der Waals surface area contributed by atoms with Crippen molar-refractivity contribution in [3.8, 4) is 0 Å². The number of hydrogen-bond acceptors (Lipinski definition) is 1. The van der Waals surface area contributed by atoms with Crippen LogP contribution in [0.25, 0.3) is 0 Å². The summed E-state index contributed by atoms with van der Waals surface area (Å²) < 4.78 is 1.15. The van der Waals surface area contributed by atoms with E-state index in [1.165, 1.54) is 16.7 Å². The standard InChI is InChI=1S/C17H19BrClN/c1-3-20-17(11-13-6-4-5-7-16(13)19)14-9-8-12(2)15(18)10-14/h4-10,17,20H,3,11H2,1-2H3.